The number of amides is 1. The number of ether oxygens (including phenoxy) is 1. The molecule has 0 aromatic carbocycles. The van der Waals surface area contributed by atoms with Gasteiger partial charge < -0.3 is 15.0 Å². The van der Waals surface area contributed by atoms with E-state index in [1.54, 1.807) is 0 Å². The van der Waals surface area contributed by atoms with E-state index in [1.807, 2.05) is 4.90 Å². The van der Waals surface area contributed by atoms with Crippen LogP contribution in [0.25, 0.3) is 0 Å². The van der Waals surface area contributed by atoms with Gasteiger partial charge in [-0.3, -0.25) is 4.79 Å². The van der Waals surface area contributed by atoms with Crippen molar-refractivity contribution >= 4 is 5.91 Å². The summed E-state index contributed by atoms with van der Waals surface area (Å²) in [6, 6.07) is 0.494. The lowest BCUT2D eigenvalue weighted by Crippen LogP contribution is -2.63. The van der Waals surface area contributed by atoms with E-state index in [0.717, 1.165) is 26.1 Å². The van der Waals surface area contributed by atoms with Crippen molar-refractivity contribution in [2.24, 2.45) is 5.41 Å². The van der Waals surface area contributed by atoms with Crippen LogP contribution in [0.4, 0.5) is 0 Å². The van der Waals surface area contributed by atoms with E-state index in [2.05, 4.69) is 12.2 Å². The van der Waals surface area contributed by atoms with Crippen LogP contribution in [0.2, 0.25) is 0 Å². The fraction of sp³-hybridized carbons (Fsp3) is 0.938. The molecule has 1 spiro atoms. The first-order valence-corrected chi connectivity index (χ1v) is 8.39. The van der Waals surface area contributed by atoms with Crippen LogP contribution in [0.1, 0.15) is 51.9 Å². The second-order valence-electron chi connectivity index (χ2n) is 6.64. The molecule has 2 atom stereocenters. The van der Waals surface area contributed by atoms with Gasteiger partial charge in [-0.1, -0.05) is 12.8 Å². The highest BCUT2D eigenvalue weighted by atomic mass is 16.5. The number of nitrogens with zero attached hydrogens (tertiary/aromatic N) is 1. The minimum atomic E-state index is 0.288. The molecule has 3 rings (SSSR count). The molecule has 0 aromatic rings. The summed E-state index contributed by atoms with van der Waals surface area (Å²) in [5.41, 5.74) is 0.335. The molecule has 1 N–H and O–H groups in total. The summed E-state index contributed by atoms with van der Waals surface area (Å²) in [5.74, 6) is 0.288. The normalized spacial score (nSPS) is 31.8. The van der Waals surface area contributed by atoms with Crippen LogP contribution in [0.5, 0.6) is 0 Å². The zero-order valence-electron chi connectivity index (χ0n) is 12.7. The van der Waals surface area contributed by atoms with E-state index in [-0.39, 0.29) is 5.91 Å². The summed E-state index contributed by atoms with van der Waals surface area (Å²) in [4.78, 5) is 14.1. The fourth-order valence-corrected chi connectivity index (χ4v) is 4.46. The molecule has 1 amide bonds. The summed E-state index contributed by atoms with van der Waals surface area (Å²) in [5, 5.41) is 3.55. The Labute approximate surface area is 122 Å². The van der Waals surface area contributed by atoms with Gasteiger partial charge in [-0.05, 0) is 39.0 Å². The van der Waals surface area contributed by atoms with Gasteiger partial charge in [0.25, 0.3) is 0 Å². The molecule has 3 aliphatic rings. The third kappa shape index (κ3) is 2.48. The lowest BCUT2D eigenvalue weighted by atomic mass is 9.60. The summed E-state index contributed by atoms with van der Waals surface area (Å²) in [7, 11) is 0. The van der Waals surface area contributed by atoms with Gasteiger partial charge in [-0.15, -0.1) is 0 Å². The average molecular weight is 280 g/mol. The van der Waals surface area contributed by atoms with Crippen molar-refractivity contribution in [1.82, 2.24) is 10.2 Å². The van der Waals surface area contributed by atoms with Crippen LogP contribution in [0.15, 0.2) is 0 Å². The average Bonchev–Trinajstić information content (AvgIpc) is 3.13. The predicted molar refractivity (Wildman–Crippen MR) is 78.5 cm³/mol. The van der Waals surface area contributed by atoms with Gasteiger partial charge in [-0.2, -0.15) is 0 Å². The molecule has 1 heterocycles. The molecule has 4 nitrogen and oxygen atoms in total. The topological polar surface area (TPSA) is 41.6 Å². The van der Waals surface area contributed by atoms with E-state index in [0.29, 0.717) is 24.1 Å². The Morgan fingerprint density at radius 2 is 1.95 bits per heavy atom. The number of carbonyl (C=O) groups is 1. The summed E-state index contributed by atoms with van der Waals surface area (Å²) in [6.07, 6.45) is 9.04. The van der Waals surface area contributed by atoms with E-state index < -0.39 is 0 Å². The number of rotatable bonds is 5. The Hall–Kier alpha value is -0.610. The largest absolute Gasteiger partial charge is 0.378 e. The SMILES string of the molecule is CCOC1CC(NCC(=O)N2CCCC2)C12CCCC2. The van der Waals surface area contributed by atoms with Gasteiger partial charge in [0, 0.05) is 31.2 Å². The molecule has 20 heavy (non-hydrogen) atoms. The quantitative estimate of drug-likeness (QED) is 0.837. The number of hydrogen-bond acceptors (Lipinski definition) is 3. The lowest BCUT2D eigenvalue weighted by molar-refractivity contribution is -0.138. The van der Waals surface area contributed by atoms with Crippen molar-refractivity contribution in [3.8, 4) is 0 Å². The third-order valence-corrected chi connectivity index (χ3v) is 5.65. The van der Waals surface area contributed by atoms with Crippen molar-refractivity contribution in [2.75, 3.05) is 26.2 Å². The molecule has 2 unspecified atom stereocenters. The molecule has 0 radical (unpaired) electrons. The van der Waals surface area contributed by atoms with Crippen molar-refractivity contribution in [2.45, 2.75) is 64.0 Å². The van der Waals surface area contributed by atoms with E-state index in [9.17, 15) is 4.79 Å². The first-order valence-electron chi connectivity index (χ1n) is 8.39. The first-order chi connectivity index (χ1) is 9.76. The minimum Gasteiger partial charge on any atom is -0.378 e. The molecule has 4 heteroatoms. The Bertz CT molecular complexity index is 346. The van der Waals surface area contributed by atoms with E-state index >= 15 is 0 Å². The molecule has 0 aromatic heterocycles. The predicted octanol–water partition coefficient (Wildman–Crippen LogP) is 1.94. The second kappa shape index (κ2) is 6.02. The first kappa shape index (κ1) is 14.3. The van der Waals surface area contributed by atoms with Crippen LogP contribution < -0.4 is 5.32 Å². The molecular weight excluding hydrogens is 252 g/mol. The van der Waals surface area contributed by atoms with Crippen molar-refractivity contribution < 1.29 is 9.53 Å². The Kier molecular flexibility index (Phi) is 4.32. The Morgan fingerprint density at radius 3 is 2.60 bits per heavy atom. The number of nitrogens with one attached hydrogen (secondary N) is 1. The lowest BCUT2D eigenvalue weighted by Gasteiger charge is -2.54. The highest BCUT2D eigenvalue weighted by Gasteiger charge is 2.56. The van der Waals surface area contributed by atoms with E-state index in [1.165, 1.54) is 38.5 Å². The number of likely N-dealkylation sites (tertiary alicyclic amines) is 1. The standard InChI is InChI=1S/C16H28N2O2/c1-2-20-14-11-13(16(14)7-3-4-8-16)17-12-15(19)18-9-5-6-10-18/h13-14,17H,2-12H2,1H3. The molecule has 2 saturated carbocycles. The van der Waals surface area contributed by atoms with Gasteiger partial charge in [-0.25, -0.2) is 0 Å². The number of hydrogen-bond donors (Lipinski definition) is 1. The third-order valence-electron chi connectivity index (χ3n) is 5.65. The van der Waals surface area contributed by atoms with Gasteiger partial charge in [0.05, 0.1) is 12.6 Å². The maximum atomic E-state index is 12.1. The van der Waals surface area contributed by atoms with Crippen LogP contribution >= 0.6 is 0 Å². The summed E-state index contributed by atoms with van der Waals surface area (Å²) < 4.78 is 5.92. The summed E-state index contributed by atoms with van der Waals surface area (Å²) in [6.45, 7) is 5.33. The highest BCUT2D eigenvalue weighted by molar-refractivity contribution is 5.78. The highest BCUT2D eigenvalue weighted by Crippen LogP contribution is 2.54. The van der Waals surface area contributed by atoms with Gasteiger partial charge in [0.15, 0.2) is 0 Å². The molecule has 114 valence electrons. The van der Waals surface area contributed by atoms with Crippen molar-refractivity contribution in [1.29, 1.82) is 0 Å². The van der Waals surface area contributed by atoms with Crippen LogP contribution in [0, 0.1) is 5.41 Å². The molecule has 0 bridgehead atoms. The maximum absolute atomic E-state index is 12.1. The molecule has 2 aliphatic carbocycles. The van der Waals surface area contributed by atoms with Crippen molar-refractivity contribution in [3.63, 3.8) is 0 Å². The van der Waals surface area contributed by atoms with Crippen LogP contribution in [0.3, 0.4) is 0 Å². The van der Waals surface area contributed by atoms with E-state index in [4.69, 9.17) is 4.74 Å². The maximum Gasteiger partial charge on any atom is 0.236 e. The zero-order chi connectivity index (χ0) is 14.0. The Morgan fingerprint density at radius 1 is 1.25 bits per heavy atom. The zero-order valence-corrected chi connectivity index (χ0v) is 12.7. The van der Waals surface area contributed by atoms with Gasteiger partial charge >= 0.3 is 0 Å². The molecule has 3 fully saturated rings. The van der Waals surface area contributed by atoms with Crippen LogP contribution in [-0.4, -0.2) is 49.2 Å². The molecule has 1 aliphatic heterocycles. The van der Waals surface area contributed by atoms with Crippen molar-refractivity contribution in [3.05, 3.63) is 0 Å². The molecule has 1 saturated heterocycles. The number of carbonyl (C=O) groups excluding carboxylic acids is 1. The minimum absolute atomic E-state index is 0.288. The van der Waals surface area contributed by atoms with Gasteiger partial charge in [0.1, 0.15) is 0 Å². The fourth-order valence-electron chi connectivity index (χ4n) is 4.46. The van der Waals surface area contributed by atoms with Gasteiger partial charge in [0.2, 0.25) is 5.91 Å². The monoisotopic (exact) mass is 280 g/mol. The molecular formula is C16H28N2O2. The Balaban J connectivity index is 1.51. The smallest absolute Gasteiger partial charge is 0.236 e. The van der Waals surface area contributed by atoms with Crippen LogP contribution in [-0.2, 0) is 9.53 Å². The summed E-state index contributed by atoms with van der Waals surface area (Å²) >= 11 is 0. The second-order valence-corrected chi connectivity index (χ2v) is 6.64.